The molecule has 0 radical (unpaired) electrons. The van der Waals surface area contributed by atoms with Crippen molar-refractivity contribution in [3.05, 3.63) is 58.6 Å². The number of hydrogen-bond donors (Lipinski definition) is 1. The molecule has 23 heavy (non-hydrogen) atoms. The Morgan fingerprint density at radius 2 is 1.74 bits per heavy atom. The van der Waals surface area contributed by atoms with Crippen LogP contribution in [0, 0.1) is 13.8 Å². The van der Waals surface area contributed by atoms with Crippen LogP contribution in [-0.4, -0.2) is 18.4 Å². The van der Waals surface area contributed by atoms with Gasteiger partial charge in [-0.05, 0) is 49.7 Å². The first kappa shape index (κ1) is 17.0. The molecule has 0 saturated heterocycles. The Balaban J connectivity index is 2.12. The highest BCUT2D eigenvalue weighted by atomic mass is 35.5. The fraction of sp³-hybridized carbons (Fsp3) is 0.222. The number of benzene rings is 2. The summed E-state index contributed by atoms with van der Waals surface area (Å²) in [6.07, 6.45) is 0. The van der Waals surface area contributed by atoms with Crippen LogP contribution in [0.1, 0.15) is 18.1 Å². The Hall–Kier alpha value is -2.33. The third-order valence-electron chi connectivity index (χ3n) is 3.48. The number of nitrogens with zero attached hydrogens (tertiary/aromatic N) is 1. The van der Waals surface area contributed by atoms with Gasteiger partial charge < -0.3 is 10.2 Å². The topological polar surface area (TPSA) is 49.4 Å². The van der Waals surface area contributed by atoms with E-state index >= 15 is 0 Å². The number of aryl methyl sites for hydroxylation is 2. The second-order valence-electron chi connectivity index (χ2n) is 5.45. The lowest BCUT2D eigenvalue weighted by atomic mass is 10.1. The van der Waals surface area contributed by atoms with E-state index in [0.717, 1.165) is 16.8 Å². The summed E-state index contributed by atoms with van der Waals surface area (Å²) in [4.78, 5) is 25.5. The predicted octanol–water partition coefficient (Wildman–Crippen LogP) is 3.95. The number of hydrogen-bond acceptors (Lipinski definition) is 2. The first-order chi connectivity index (χ1) is 10.9. The van der Waals surface area contributed by atoms with E-state index in [1.54, 1.807) is 24.3 Å². The summed E-state index contributed by atoms with van der Waals surface area (Å²) in [7, 11) is 0. The van der Waals surface area contributed by atoms with E-state index < -0.39 is 0 Å². The van der Waals surface area contributed by atoms with E-state index in [1.807, 2.05) is 32.0 Å². The number of anilines is 2. The average molecular weight is 331 g/mol. The quantitative estimate of drug-likeness (QED) is 0.922. The Labute approximate surface area is 141 Å². The predicted molar refractivity (Wildman–Crippen MR) is 94.0 cm³/mol. The van der Waals surface area contributed by atoms with Gasteiger partial charge in [0.05, 0.1) is 0 Å². The molecule has 5 heteroatoms. The van der Waals surface area contributed by atoms with Crippen LogP contribution in [0.25, 0.3) is 0 Å². The van der Waals surface area contributed by atoms with E-state index in [-0.39, 0.29) is 18.4 Å². The van der Waals surface area contributed by atoms with Gasteiger partial charge in [0.2, 0.25) is 11.8 Å². The number of halogens is 1. The molecule has 0 spiro atoms. The molecule has 0 fully saturated rings. The van der Waals surface area contributed by atoms with E-state index in [9.17, 15) is 9.59 Å². The summed E-state index contributed by atoms with van der Waals surface area (Å²) >= 11 is 5.86. The maximum Gasteiger partial charge on any atom is 0.244 e. The van der Waals surface area contributed by atoms with Crippen molar-refractivity contribution in [1.82, 2.24) is 0 Å². The van der Waals surface area contributed by atoms with Crippen molar-refractivity contribution in [2.24, 2.45) is 0 Å². The molecule has 2 rings (SSSR count). The summed E-state index contributed by atoms with van der Waals surface area (Å²) in [6.45, 7) is 5.31. The Bertz CT molecular complexity index is 726. The van der Waals surface area contributed by atoms with Crippen molar-refractivity contribution < 1.29 is 9.59 Å². The molecule has 0 bridgehead atoms. The van der Waals surface area contributed by atoms with Crippen LogP contribution in [0.4, 0.5) is 11.4 Å². The van der Waals surface area contributed by atoms with Crippen LogP contribution in [0.3, 0.4) is 0 Å². The zero-order valence-electron chi connectivity index (χ0n) is 13.4. The molecular formula is C18H19ClN2O2. The van der Waals surface area contributed by atoms with Crippen LogP contribution in [0.2, 0.25) is 5.02 Å². The van der Waals surface area contributed by atoms with E-state index in [4.69, 9.17) is 11.6 Å². The molecule has 0 aromatic heterocycles. The largest absolute Gasteiger partial charge is 0.324 e. The van der Waals surface area contributed by atoms with Gasteiger partial charge >= 0.3 is 0 Å². The molecule has 2 aromatic rings. The van der Waals surface area contributed by atoms with Crippen molar-refractivity contribution >= 4 is 34.8 Å². The Kier molecular flexibility index (Phi) is 5.40. The SMILES string of the molecule is CC(=O)N(CC(=O)Nc1ccc(C)cc1C)c1ccc(Cl)cc1. The maximum atomic E-state index is 12.3. The summed E-state index contributed by atoms with van der Waals surface area (Å²) in [5.74, 6) is -0.454. The van der Waals surface area contributed by atoms with E-state index in [1.165, 1.54) is 11.8 Å². The second-order valence-corrected chi connectivity index (χ2v) is 5.88. The fourth-order valence-electron chi connectivity index (χ4n) is 2.29. The zero-order valence-corrected chi connectivity index (χ0v) is 14.1. The Morgan fingerprint density at radius 1 is 1.09 bits per heavy atom. The molecule has 0 aliphatic carbocycles. The van der Waals surface area contributed by atoms with E-state index in [0.29, 0.717) is 10.7 Å². The van der Waals surface area contributed by atoms with Crippen molar-refractivity contribution in [1.29, 1.82) is 0 Å². The first-order valence-corrected chi connectivity index (χ1v) is 7.65. The third-order valence-corrected chi connectivity index (χ3v) is 3.73. The lowest BCUT2D eigenvalue weighted by Crippen LogP contribution is -2.36. The van der Waals surface area contributed by atoms with Crippen LogP contribution in [-0.2, 0) is 9.59 Å². The molecule has 2 amide bonds. The molecule has 0 atom stereocenters. The molecule has 4 nitrogen and oxygen atoms in total. The summed E-state index contributed by atoms with van der Waals surface area (Å²) in [5, 5.41) is 3.43. The van der Waals surface area contributed by atoms with Crippen molar-refractivity contribution in [3.63, 3.8) is 0 Å². The third kappa shape index (κ3) is 4.57. The van der Waals surface area contributed by atoms with Crippen LogP contribution in [0.5, 0.6) is 0 Å². The van der Waals surface area contributed by atoms with Gasteiger partial charge in [0.1, 0.15) is 6.54 Å². The van der Waals surface area contributed by atoms with Gasteiger partial charge in [-0.25, -0.2) is 0 Å². The van der Waals surface area contributed by atoms with Crippen LogP contribution < -0.4 is 10.2 Å². The minimum Gasteiger partial charge on any atom is -0.324 e. The highest BCUT2D eigenvalue weighted by Gasteiger charge is 2.16. The highest BCUT2D eigenvalue weighted by Crippen LogP contribution is 2.19. The van der Waals surface area contributed by atoms with Gasteiger partial charge in [0.15, 0.2) is 0 Å². The molecule has 0 unspecified atom stereocenters. The first-order valence-electron chi connectivity index (χ1n) is 7.27. The molecule has 120 valence electrons. The molecule has 0 aliphatic rings. The van der Waals surface area contributed by atoms with Gasteiger partial charge in [-0.1, -0.05) is 29.3 Å². The molecule has 0 saturated carbocycles. The van der Waals surface area contributed by atoms with Crippen LogP contribution in [0.15, 0.2) is 42.5 Å². The van der Waals surface area contributed by atoms with Crippen molar-refractivity contribution in [3.8, 4) is 0 Å². The average Bonchev–Trinajstić information content (AvgIpc) is 2.48. The van der Waals surface area contributed by atoms with Crippen molar-refractivity contribution in [2.75, 3.05) is 16.8 Å². The van der Waals surface area contributed by atoms with Gasteiger partial charge in [-0.15, -0.1) is 0 Å². The number of nitrogens with one attached hydrogen (secondary N) is 1. The summed E-state index contributed by atoms with van der Waals surface area (Å²) < 4.78 is 0. The molecule has 2 aromatic carbocycles. The molecular weight excluding hydrogens is 312 g/mol. The number of amides is 2. The summed E-state index contributed by atoms with van der Waals surface area (Å²) in [6, 6.07) is 12.6. The Morgan fingerprint density at radius 3 is 2.30 bits per heavy atom. The lowest BCUT2D eigenvalue weighted by Gasteiger charge is -2.21. The van der Waals surface area contributed by atoms with Crippen LogP contribution >= 0.6 is 11.6 Å². The van der Waals surface area contributed by atoms with Crippen molar-refractivity contribution in [2.45, 2.75) is 20.8 Å². The van der Waals surface area contributed by atoms with Gasteiger partial charge in [0, 0.05) is 23.3 Å². The van der Waals surface area contributed by atoms with Gasteiger partial charge in [-0.2, -0.15) is 0 Å². The second kappa shape index (κ2) is 7.29. The zero-order chi connectivity index (χ0) is 17.0. The highest BCUT2D eigenvalue weighted by molar-refractivity contribution is 6.30. The maximum absolute atomic E-state index is 12.3. The number of carbonyl (C=O) groups is 2. The molecule has 0 heterocycles. The fourth-order valence-corrected chi connectivity index (χ4v) is 2.42. The molecule has 0 aliphatic heterocycles. The minimum absolute atomic E-state index is 0.0513. The lowest BCUT2D eigenvalue weighted by molar-refractivity contribution is -0.120. The number of carbonyl (C=O) groups excluding carboxylic acids is 2. The monoisotopic (exact) mass is 330 g/mol. The van der Waals surface area contributed by atoms with E-state index in [2.05, 4.69) is 5.32 Å². The normalized spacial score (nSPS) is 10.3. The number of rotatable bonds is 4. The smallest absolute Gasteiger partial charge is 0.244 e. The minimum atomic E-state index is -0.248. The molecule has 1 N–H and O–H groups in total. The standard InChI is InChI=1S/C18H19ClN2O2/c1-12-4-9-17(13(2)10-12)20-18(23)11-21(14(3)22)16-7-5-15(19)6-8-16/h4-10H,11H2,1-3H3,(H,20,23). The van der Waals surface area contributed by atoms with Gasteiger partial charge in [-0.3, -0.25) is 9.59 Å². The summed E-state index contributed by atoms with van der Waals surface area (Å²) in [5.41, 5.74) is 3.50. The van der Waals surface area contributed by atoms with Gasteiger partial charge in [0.25, 0.3) is 0 Å².